The Kier molecular flexibility index (Phi) is 2.20. The average molecular weight is 196 g/mol. The SMILES string of the molecule is COC(=O)[C@H]1NCc2cnnn2[C@H]1C. The van der Waals surface area contributed by atoms with Crippen LogP contribution >= 0.6 is 0 Å². The van der Waals surface area contributed by atoms with Gasteiger partial charge in [-0.15, -0.1) is 5.10 Å². The number of hydrogen-bond acceptors (Lipinski definition) is 5. The van der Waals surface area contributed by atoms with Crippen molar-refractivity contribution >= 4 is 5.97 Å². The molecular formula is C8H12N4O2. The highest BCUT2D eigenvalue weighted by Gasteiger charge is 2.32. The van der Waals surface area contributed by atoms with Crippen molar-refractivity contribution in [3.8, 4) is 0 Å². The van der Waals surface area contributed by atoms with Crippen molar-refractivity contribution in [2.45, 2.75) is 25.6 Å². The molecule has 2 rings (SSSR count). The maximum atomic E-state index is 11.4. The Morgan fingerprint density at radius 2 is 2.57 bits per heavy atom. The van der Waals surface area contributed by atoms with Gasteiger partial charge in [-0.1, -0.05) is 5.21 Å². The zero-order chi connectivity index (χ0) is 10.1. The molecule has 0 radical (unpaired) electrons. The maximum absolute atomic E-state index is 11.4. The molecule has 0 amide bonds. The van der Waals surface area contributed by atoms with E-state index in [1.54, 1.807) is 10.9 Å². The topological polar surface area (TPSA) is 69.0 Å². The van der Waals surface area contributed by atoms with Gasteiger partial charge in [-0.05, 0) is 6.92 Å². The molecular weight excluding hydrogens is 184 g/mol. The van der Waals surface area contributed by atoms with E-state index in [0.29, 0.717) is 6.54 Å². The number of methoxy groups -OCH3 is 1. The van der Waals surface area contributed by atoms with Crippen molar-refractivity contribution in [2.75, 3.05) is 7.11 Å². The Labute approximate surface area is 81.2 Å². The van der Waals surface area contributed by atoms with Gasteiger partial charge in [0.15, 0.2) is 0 Å². The van der Waals surface area contributed by atoms with Gasteiger partial charge >= 0.3 is 5.97 Å². The molecule has 6 nitrogen and oxygen atoms in total. The first-order chi connectivity index (χ1) is 6.74. The first-order valence-electron chi connectivity index (χ1n) is 4.44. The zero-order valence-corrected chi connectivity index (χ0v) is 8.10. The molecule has 1 aromatic heterocycles. The number of rotatable bonds is 1. The first-order valence-corrected chi connectivity index (χ1v) is 4.44. The monoisotopic (exact) mass is 196 g/mol. The van der Waals surface area contributed by atoms with Crippen LogP contribution in [0.5, 0.6) is 0 Å². The van der Waals surface area contributed by atoms with Gasteiger partial charge < -0.3 is 4.74 Å². The van der Waals surface area contributed by atoms with Crippen molar-refractivity contribution in [2.24, 2.45) is 0 Å². The molecule has 0 bridgehead atoms. The molecule has 6 heteroatoms. The fourth-order valence-electron chi connectivity index (χ4n) is 1.67. The number of carbonyl (C=O) groups is 1. The number of nitrogens with zero attached hydrogens (tertiary/aromatic N) is 3. The van der Waals surface area contributed by atoms with Crippen LogP contribution in [0.4, 0.5) is 0 Å². The number of ether oxygens (including phenoxy) is 1. The van der Waals surface area contributed by atoms with Crippen LogP contribution in [-0.2, 0) is 16.1 Å². The Morgan fingerprint density at radius 1 is 1.79 bits per heavy atom. The lowest BCUT2D eigenvalue weighted by atomic mass is 10.1. The molecule has 0 spiro atoms. The van der Waals surface area contributed by atoms with Crippen molar-refractivity contribution in [1.29, 1.82) is 0 Å². The van der Waals surface area contributed by atoms with Gasteiger partial charge in [0.1, 0.15) is 6.04 Å². The molecule has 0 unspecified atom stereocenters. The summed E-state index contributed by atoms with van der Waals surface area (Å²) in [5.41, 5.74) is 0.984. The van der Waals surface area contributed by atoms with Gasteiger partial charge in [-0.25, -0.2) is 4.68 Å². The fraction of sp³-hybridized carbons (Fsp3) is 0.625. The molecule has 0 aliphatic carbocycles. The zero-order valence-electron chi connectivity index (χ0n) is 8.10. The normalized spacial score (nSPS) is 25.6. The minimum Gasteiger partial charge on any atom is -0.468 e. The second-order valence-corrected chi connectivity index (χ2v) is 3.29. The predicted octanol–water partition coefficient (Wildman–Crippen LogP) is -0.516. The lowest BCUT2D eigenvalue weighted by molar-refractivity contribution is -0.144. The Hall–Kier alpha value is -1.43. The van der Waals surface area contributed by atoms with Crippen LogP contribution in [-0.4, -0.2) is 34.1 Å². The second kappa shape index (κ2) is 3.38. The Morgan fingerprint density at radius 3 is 3.29 bits per heavy atom. The van der Waals surface area contributed by atoms with E-state index >= 15 is 0 Å². The predicted molar refractivity (Wildman–Crippen MR) is 47.4 cm³/mol. The van der Waals surface area contributed by atoms with Crippen LogP contribution in [0.25, 0.3) is 0 Å². The molecule has 2 atom stereocenters. The van der Waals surface area contributed by atoms with Crippen LogP contribution in [0.15, 0.2) is 6.20 Å². The summed E-state index contributed by atoms with van der Waals surface area (Å²) < 4.78 is 6.44. The Balaban J connectivity index is 2.25. The van der Waals surface area contributed by atoms with Gasteiger partial charge in [0.05, 0.1) is 25.0 Å². The number of carbonyl (C=O) groups excluding carboxylic acids is 1. The minimum atomic E-state index is -0.339. The van der Waals surface area contributed by atoms with E-state index in [2.05, 4.69) is 20.4 Å². The molecule has 1 aliphatic rings. The lowest BCUT2D eigenvalue weighted by Crippen LogP contribution is -2.47. The Bertz CT molecular complexity index is 349. The van der Waals surface area contributed by atoms with Crippen LogP contribution < -0.4 is 5.32 Å². The van der Waals surface area contributed by atoms with Gasteiger partial charge in [0, 0.05) is 6.54 Å². The van der Waals surface area contributed by atoms with Crippen molar-refractivity contribution < 1.29 is 9.53 Å². The molecule has 1 aliphatic heterocycles. The second-order valence-electron chi connectivity index (χ2n) is 3.29. The van der Waals surface area contributed by atoms with Crippen molar-refractivity contribution in [3.05, 3.63) is 11.9 Å². The average Bonchev–Trinajstić information content (AvgIpc) is 2.66. The van der Waals surface area contributed by atoms with E-state index < -0.39 is 0 Å². The minimum absolute atomic E-state index is 0.0614. The van der Waals surface area contributed by atoms with Gasteiger partial charge in [-0.3, -0.25) is 10.1 Å². The number of hydrogen-bond donors (Lipinski definition) is 1. The quantitative estimate of drug-likeness (QED) is 0.612. The smallest absolute Gasteiger partial charge is 0.325 e. The molecule has 0 fully saturated rings. The lowest BCUT2D eigenvalue weighted by Gasteiger charge is -2.28. The summed E-state index contributed by atoms with van der Waals surface area (Å²) in [5.74, 6) is -0.265. The number of esters is 1. The summed E-state index contributed by atoms with van der Waals surface area (Å²) >= 11 is 0. The van der Waals surface area contributed by atoms with Crippen LogP contribution in [0.3, 0.4) is 0 Å². The third kappa shape index (κ3) is 1.27. The third-order valence-corrected chi connectivity index (χ3v) is 2.48. The molecule has 2 heterocycles. The van der Waals surface area contributed by atoms with Gasteiger partial charge in [0.25, 0.3) is 0 Å². The molecule has 1 aromatic rings. The van der Waals surface area contributed by atoms with Crippen LogP contribution in [0.2, 0.25) is 0 Å². The number of nitrogens with one attached hydrogen (secondary N) is 1. The van der Waals surface area contributed by atoms with Crippen molar-refractivity contribution in [1.82, 2.24) is 20.3 Å². The van der Waals surface area contributed by atoms with Gasteiger partial charge in [0.2, 0.25) is 0 Å². The molecule has 1 N–H and O–H groups in total. The van der Waals surface area contributed by atoms with E-state index in [1.807, 2.05) is 6.92 Å². The van der Waals surface area contributed by atoms with Crippen LogP contribution in [0, 0.1) is 0 Å². The molecule has 0 saturated heterocycles. The summed E-state index contributed by atoms with van der Waals surface area (Å²) in [4.78, 5) is 11.4. The highest BCUT2D eigenvalue weighted by atomic mass is 16.5. The molecule has 0 aromatic carbocycles. The summed E-state index contributed by atoms with van der Waals surface area (Å²) in [5, 5.41) is 10.8. The summed E-state index contributed by atoms with van der Waals surface area (Å²) in [7, 11) is 1.38. The molecule has 0 saturated carbocycles. The van der Waals surface area contributed by atoms with Crippen LogP contribution in [0.1, 0.15) is 18.7 Å². The number of aromatic nitrogens is 3. The van der Waals surface area contributed by atoms with Crippen molar-refractivity contribution in [3.63, 3.8) is 0 Å². The summed E-state index contributed by atoms with van der Waals surface area (Å²) in [6.45, 7) is 2.50. The van der Waals surface area contributed by atoms with E-state index in [4.69, 9.17) is 0 Å². The van der Waals surface area contributed by atoms with E-state index in [-0.39, 0.29) is 18.1 Å². The molecule has 76 valence electrons. The van der Waals surface area contributed by atoms with E-state index in [0.717, 1.165) is 5.69 Å². The highest BCUT2D eigenvalue weighted by Crippen LogP contribution is 2.18. The largest absolute Gasteiger partial charge is 0.468 e. The number of fused-ring (bicyclic) bond motifs is 1. The maximum Gasteiger partial charge on any atom is 0.325 e. The van der Waals surface area contributed by atoms with E-state index in [1.165, 1.54) is 7.11 Å². The summed E-state index contributed by atoms with van der Waals surface area (Å²) in [6, 6.07) is -0.400. The third-order valence-electron chi connectivity index (χ3n) is 2.48. The highest BCUT2D eigenvalue weighted by molar-refractivity contribution is 5.76. The molecule has 14 heavy (non-hydrogen) atoms. The van der Waals surface area contributed by atoms with Gasteiger partial charge in [-0.2, -0.15) is 0 Å². The standard InChI is InChI=1S/C8H12N4O2/c1-5-7(8(13)14-2)9-3-6-4-10-11-12(5)6/h4-5,7,9H,3H2,1-2H3/t5-,7-/m0/s1. The summed E-state index contributed by atoms with van der Waals surface area (Å²) in [6.07, 6.45) is 1.69. The first kappa shape index (κ1) is 9.14. The fourth-order valence-corrected chi connectivity index (χ4v) is 1.67. The van der Waals surface area contributed by atoms with E-state index in [9.17, 15) is 4.79 Å².